The number of rotatable bonds is 5. The molecule has 108 valence electrons. The van der Waals surface area contributed by atoms with Crippen molar-refractivity contribution in [3.63, 3.8) is 0 Å². The van der Waals surface area contributed by atoms with Crippen LogP contribution in [0.1, 0.15) is 12.0 Å². The van der Waals surface area contributed by atoms with Gasteiger partial charge >= 0.3 is 5.97 Å². The van der Waals surface area contributed by atoms with E-state index in [4.69, 9.17) is 33.7 Å². The second kappa shape index (κ2) is 6.48. The number of carbonyl (C=O) groups is 1. The summed E-state index contributed by atoms with van der Waals surface area (Å²) in [6.45, 7) is 1.32. The van der Waals surface area contributed by atoms with E-state index < -0.39 is 0 Å². The summed E-state index contributed by atoms with van der Waals surface area (Å²) in [6.07, 6.45) is 2.95. The minimum Gasteiger partial charge on any atom is -0.469 e. The van der Waals surface area contributed by atoms with Gasteiger partial charge in [-0.1, -0.05) is 29.3 Å². The van der Waals surface area contributed by atoms with Gasteiger partial charge < -0.3 is 15.0 Å². The van der Waals surface area contributed by atoms with E-state index in [1.807, 2.05) is 16.8 Å². The van der Waals surface area contributed by atoms with Crippen LogP contribution in [0.5, 0.6) is 0 Å². The van der Waals surface area contributed by atoms with Gasteiger partial charge in [0, 0.05) is 18.1 Å². The molecule has 0 saturated heterocycles. The maximum atomic E-state index is 11.5. The number of nitrogens with two attached hydrogens (primary N) is 1. The zero-order valence-corrected chi connectivity index (χ0v) is 12.7. The Labute approximate surface area is 127 Å². The van der Waals surface area contributed by atoms with E-state index in [0.717, 1.165) is 29.4 Å². The summed E-state index contributed by atoms with van der Waals surface area (Å²) in [5.74, 6) is -0.283. The van der Waals surface area contributed by atoms with Gasteiger partial charge in [0.2, 0.25) is 0 Å². The maximum Gasteiger partial charge on any atom is 0.310 e. The monoisotopic (exact) mass is 314 g/mol. The molecule has 1 aromatic heterocycles. The van der Waals surface area contributed by atoms with Crippen molar-refractivity contribution < 1.29 is 9.53 Å². The quantitative estimate of drug-likeness (QED) is 0.863. The Balaban J connectivity index is 2.54. The van der Waals surface area contributed by atoms with Crippen LogP contribution >= 0.6 is 23.2 Å². The van der Waals surface area contributed by atoms with Crippen molar-refractivity contribution in [1.82, 2.24) is 4.57 Å². The Hall–Kier alpha value is -1.23. The molecule has 2 rings (SSSR count). The van der Waals surface area contributed by atoms with Crippen LogP contribution in [0.3, 0.4) is 0 Å². The van der Waals surface area contributed by atoms with E-state index in [1.165, 1.54) is 7.11 Å². The van der Waals surface area contributed by atoms with Crippen molar-refractivity contribution in [2.75, 3.05) is 13.7 Å². The molecule has 0 amide bonds. The fourth-order valence-electron chi connectivity index (χ4n) is 2.21. The van der Waals surface area contributed by atoms with Crippen LogP contribution < -0.4 is 5.73 Å². The van der Waals surface area contributed by atoms with Gasteiger partial charge in [-0.15, -0.1) is 0 Å². The third-order valence-corrected chi connectivity index (χ3v) is 3.97. The van der Waals surface area contributed by atoms with E-state index >= 15 is 0 Å². The molecule has 1 heterocycles. The molecule has 1 aromatic carbocycles. The van der Waals surface area contributed by atoms with Gasteiger partial charge in [-0.05, 0) is 24.6 Å². The molecule has 0 spiro atoms. The highest BCUT2D eigenvalue weighted by molar-refractivity contribution is 6.45. The van der Waals surface area contributed by atoms with Gasteiger partial charge in [-0.3, -0.25) is 4.79 Å². The zero-order chi connectivity index (χ0) is 14.7. The highest BCUT2D eigenvalue weighted by atomic mass is 35.5. The molecule has 0 aliphatic rings. The largest absolute Gasteiger partial charge is 0.469 e. The summed E-state index contributed by atoms with van der Waals surface area (Å²) in [5.41, 5.74) is 7.27. The summed E-state index contributed by atoms with van der Waals surface area (Å²) in [7, 11) is 1.37. The number of aryl methyl sites for hydroxylation is 1. The van der Waals surface area contributed by atoms with E-state index in [2.05, 4.69) is 0 Å². The first-order chi connectivity index (χ1) is 9.58. The highest BCUT2D eigenvalue weighted by Crippen LogP contribution is 2.34. The van der Waals surface area contributed by atoms with Crippen molar-refractivity contribution in [2.45, 2.75) is 19.4 Å². The minimum atomic E-state index is -0.283. The topological polar surface area (TPSA) is 57.2 Å². The molecular weight excluding hydrogens is 299 g/mol. The SMILES string of the molecule is COC(=O)Cc1cn(CCCN)c2c(Cl)c(Cl)ccc12. The van der Waals surface area contributed by atoms with Crippen molar-refractivity contribution in [1.29, 1.82) is 0 Å². The fraction of sp³-hybridized carbons (Fsp3) is 0.357. The Morgan fingerprint density at radius 2 is 2.15 bits per heavy atom. The van der Waals surface area contributed by atoms with E-state index in [-0.39, 0.29) is 12.4 Å². The zero-order valence-electron chi connectivity index (χ0n) is 11.2. The molecule has 0 aliphatic carbocycles. The molecule has 2 N–H and O–H groups in total. The van der Waals surface area contributed by atoms with Crippen LogP contribution in [-0.4, -0.2) is 24.2 Å². The molecule has 0 fully saturated rings. The van der Waals surface area contributed by atoms with Crippen LogP contribution in [-0.2, 0) is 22.5 Å². The number of esters is 1. The predicted octanol–water partition coefficient (Wildman–Crippen LogP) is 3.01. The van der Waals surface area contributed by atoms with Gasteiger partial charge in [0.25, 0.3) is 0 Å². The third kappa shape index (κ3) is 2.92. The number of aromatic nitrogens is 1. The van der Waals surface area contributed by atoms with E-state index in [1.54, 1.807) is 6.07 Å². The van der Waals surface area contributed by atoms with Crippen LogP contribution in [0.25, 0.3) is 10.9 Å². The van der Waals surface area contributed by atoms with E-state index in [0.29, 0.717) is 16.6 Å². The number of fused-ring (bicyclic) bond motifs is 1. The van der Waals surface area contributed by atoms with Crippen molar-refractivity contribution in [3.8, 4) is 0 Å². The lowest BCUT2D eigenvalue weighted by atomic mass is 10.1. The summed E-state index contributed by atoms with van der Waals surface area (Å²) >= 11 is 12.4. The number of methoxy groups -OCH3 is 1. The number of halogens is 2. The average molecular weight is 315 g/mol. The van der Waals surface area contributed by atoms with Gasteiger partial charge in [0.15, 0.2) is 0 Å². The minimum absolute atomic E-state index is 0.209. The molecule has 4 nitrogen and oxygen atoms in total. The normalized spacial score (nSPS) is 11.0. The smallest absolute Gasteiger partial charge is 0.310 e. The molecule has 0 unspecified atom stereocenters. The third-order valence-electron chi connectivity index (χ3n) is 3.18. The summed E-state index contributed by atoms with van der Waals surface area (Å²) < 4.78 is 6.71. The summed E-state index contributed by atoms with van der Waals surface area (Å²) in [4.78, 5) is 11.5. The maximum absolute atomic E-state index is 11.5. The molecule has 0 atom stereocenters. The fourth-order valence-corrected chi connectivity index (χ4v) is 2.63. The second-order valence-electron chi connectivity index (χ2n) is 4.50. The van der Waals surface area contributed by atoms with Gasteiger partial charge in [0.05, 0.1) is 29.1 Å². The lowest BCUT2D eigenvalue weighted by Crippen LogP contribution is -2.05. The Kier molecular flexibility index (Phi) is 4.91. The predicted molar refractivity (Wildman–Crippen MR) is 81.3 cm³/mol. The number of hydrogen-bond donors (Lipinski definition) is 1. The molecule has 6 heteroatoms. The molecule has 0 aliphatic heterocycles. The van der Waals surface area contributed by atoms with Crippen LogP contribution in [0, 0.1) is 0 Å². The number of ether oxygens (including phenoxy) is 1. The molecule has 0 radical (unpaired) electrons. The van der Waals surface area contributed by atoms with Crippen molar-refractivity contribution in [3.05, 3.63) is 33.9 Å². The van der Waals surface area contributed by atoms with Crippen molar-refractivity contribution >= 4 is 40.1 Å². The molecule has 20 heavy (non-hydrogen) atoms. The standard InChI is InChI=1S/C14H16Cl2N2O2/c1-20-12(19)7-9-8-18(6-2-5-17)14-10(9)3-4-11(15)13(14)16/h3-4,8H,2,5-7,17H2,1H3. The second-order valence-corrected chi connectivity index (χ2v) is 5.29. The number of carbonyl (C=O) groups excluding carboxylic acids is 1. The Morgan fingerprint density at radius 3 is 2.80 bits per heavy atom. The molecule has 0 bridgehead atoms. The highest BCUT2D eigenvalue weighted by Gasteiger charge is 2.16. The lowest BCUT2D eigenvalue weighted by Gasteiger charge is -2.06. The first-order valence-corrected chi connectivity index (χ1v) is 7.06. The van der Waals surface area contributed by atoms with Crippen molar-refractivity contribution in [2.24, 2.45) is 5.73 Å². The first-order valence-electron chi connectivity index (χ1n) is 6.31. The average Bonchev–Trinajstić information content (AvgIpc) is 2.79. The number of hydrogen-bond acceptors (Lipinski definition) is 3. The number of benzene rings is 1. The number of nitrogens with zero attached hydrogens (tertiary/aromatic N) is 1. The molecular formula is C14H16Cl2N2O2. The molecule has 0 saturated carbocycles. The van der Waals surface area contributed by atoms with Gasteiger partial charge in [0.1, 0.15) is 0 Å². The van der Waals surface area contributed by atoms with Crippen LogP contribution in [0.4, 0.5) is 0 Å². The Morgan fingerprint density at radius 1 is 1.40 bits per heavy atom. The first kappa shape index (κ1) is 15.2. The summed E-state index contributed by atoms with van der Waals surface area (Å²) in [6, 6.07) is 3.61. The van der Waals surface area contributed by atoms with E-state index in [9.17, 15) is 4.79 Å². The lowest BCUT2D eigenvalue weighted by molar-refractivity contribution is -0.139. The van der Waals surface area contributed by atoms with Gasteiger partial charge in [-0.2, -0.15) is 0 Å². The molecule has 2 aromatic rings. The van der Waals surface area contributed by atoms with Gasteiger partial charge in [-0.25, -0.2) is 0 Å². The Bertz CT molecular complexity index is 638. The van der Waals surface area contributed by atoms with Crippen LogP contribution in [0.2, 0.25) is 10.0 Å². The van der Waals surface area contributed by atoms with Crippen LogP contribution in [0.15, 0.2) is 18.3 Å². The summed E-state index contributed by atoms with van der Waals surface area (Å²) in [5, 5.41) is 1.91.